The first-order valence-electron chi connectivity index (χ1n) is 5.46. The van der Waals surface area contributed by atoms with Crippen molar-refractivity contribution in [2.24, 2.45) is 0 Å². The summed E-state index contributed by atoms with van der Waals surface area (Å²) in [5.41, 5.74) is -1.07. The van der Waals surface area contributed by atoms with Crippen LogP contribution in [0.25, 0.3) is 0 Å². The van der Waals surface area contributed by atoms with Crippen molar-refractivity contribution in [3.63, 3.8) is 0 Å². The summed E-state index contributed by atoms with van der Waals surface area (Å²) < 4.78 is 43.3. The summed E-state index contributed by atoms with van der Waals surface area (Å²) in [6, 6.07) is 2.19. The van der Waals surface area contributed by atoms with Gasteiger partial charge < -0.3 is 4.74 Å². The number of alkyl halides is 3. The van der Waals surface area contributed by atoms with Crippen molar-refractivity contribution >= 4 is 29.2 Å². The Labute approximate surface area is 118 Å². The van der Waals surface area contributed by atoms with Crippen molar-refractivity contribution in [3.05, 3.63) is 33.3 Å². The molecule has 1 aromatic rings. The zero-order valence-electron chi connectivity index (χ0n) is 9.98. The van der Waals surface area contributed by atoms with Crippen LogP contribution in [0.3, 0.4) is 0 Å². The van der Waals surface area contributed by atoms with Crippen LogP contribution in [0.1, 0.15) is 24.5 Å². The van der Waals surface area contributed by atoms with Crippen molar-refractivity contribution in [1.29, 1.82) is 0 Å². The fourth-order valence-electron chi connectivity index (χ4n) is 1.61. The van der Waals surface area contributed by atoms with Crippen LogP contribution in [0.4, 0.5) is 13.2 Å². The van der Waals surface area contributed by atoms with Crippen molar-refractivity contribution in [1.82, 2.24) is 0 Å². The van der Waals surface area contributed by atoms with E-state index in [4.69, 9.17) is 23.2 Å². The van der Waals surface area contributed by atoms with Crippen molar-refractivity contribution in [3.8, 4) is 0 Å². The minimum atomic E-state index is -4.59. The Bertz CT molecular complexity index is 473. The Morgan fingerprint density at radius 3 is 2.47 bits per heavy atom. The standard InChI is InChI=1S/C12H11Cl2F3O2/c1-2-19-10(18)4-3-7-5-8(13)6-9(14)11(7)12(15,16)17/h5-6H,2-4H2,1H3. The fraction of sp³-hybridized carbons (Fsp3) is 0.417. The molecular formula is C12H11Cl2F3O2. The Hall–Kier alpha value is -0.940. The number of carbonyl (C=O) groups excluding carboxylic acids is 1. The second-order valence-electron chi connectivity index (χ2n) is 3.72. The quantitative estimate of drug-likeness (QED) is 0.764. The molecule has 0 radical (unpaired) electrons. The van der Waals surface area contributed by atoms with E-state index in [1.54, 1.807) is 6.92 Å². The molecule has 1 rings (SSSR count). The number of esters is 1. The number of aryl methyl sites for hydroxylation is 1. The Morgan fingerprint density at radius 1 is 1.32 bits per heavy atom. The van der Waals surface area contributed by atoms with Crippen LogP contribution >= 0.6 is 23.2 Å². The van der Waals surface area contributed by atoms with Crippen LogP contribution in [0.2, 0.25) is 10.0 Å². The van der Waals surface area contributed by atoms with Gasteiger partial charge in [-0.3, -0.25) is 4.79 Å². The lowest BCUT2D eigenvalue weighted by Gasteiger charge is -2.15. The van der Waals surface area contributed by atoms with E-state index in [-0.39, 0.29) is 30.0 Å². The van der Waals surface area contributed by atoms with Gasteiger partial charge in [0.05, 0.1) is 17.2 Å². The molecule has 0 saturated heterocycles. The normalized spacial score (nSPS) is 11.5. The van der Waals surface area contributed by atoms with Gasteiger partial charge in [0.1, 0.15) is 0 Å². The molecule has 0 aliphatic carbocycles. The Kier molecular flexibility index (Phi) is 5.50. The second kappa shape index (κ2) is 6.48. The number of hydrogen-bond acceptors (Lipinski definition) is 2. The lowest BCUT2D eigenvalue weighted by Crippen LogP contribution is -2.12. The van der Waals surface area contributed by atoms with Crippen LogP contribution in [0.5, 0.6) is 0 Å². The van der Waals surface area contributed by atoms with Crippen LogP contribution in [-0.2, 0) is 22.1 Å². The van der Waals surface area contributed by atoms with Gasteiger partial charge >= 0.3 is 12.1 Å². The molecule has 0 aliphatic heterocycles. The third kappa shape index (κ3) is 4.58. The van der Waals surface area contributed by atoms with E-state index in [9.17, 15) is 18.0 Å². The average Bonchev–Trinajstić information content (AvgIpc) is 2.23. The Morgan fingerprint density at radius 2 is 1.95 bits per heavy atom. The highest BCUT2D eigenvalue weighted by atomic mass is 35.5. The molecule has 0 unspecified atom stereocenters. The molecule has 0 aliphatic rings. The monoisotopic (exact) mass is 314 g/mol. The highest BCUT2D eigenvalue weighted by Gasteiger charge is 2.36. The van der Waals surface area contributed by atoms with E-state index in [0.717, 1.165) is 12.1 Å². The minimum Gasteiger partial charge on any atom is -0.466 e. The highest BCUT2D eigenvalue weighted by Crippen LogP contribution is 2.39. The second-order valence-corrected chi connectivity index (χ2v) is 4.57. The molecule has 0 atom stereocenters. The van der Waals surface area contributed by atoms with Gasteiger partial charge in [-0.25, -0.2) is 0 Å². The van der Waals surface area contributed by atoms with Crippen molar-refractivity contribution in [2.75, 3.05) is 6.61 Å². The summed E-state index contributed by atoms with van der Waals surface area (Å²) in [7, 11) is 0. The maximum Gasteiger partial charge on any atom is 0.418 e. The van der Waals surface area contributed by atoms with E-state index in [2.05, 4.69) is 4.74 Å². The van der Waals surface area contributed by atoms with Gasteiger partial charge in [0.15, 0.2) is 0 Å². The first kappa shape index (κ1) is 16.1. The fourth-order valence-corrected chi connectivity index (χ4v) is 2.25. The predicted molar refractivity (Wildman–Crippen MR) is 66.4 cm³/mol. The molecule has 0 saturated carbocycles. The molecule has 0 aromatic heterocycles. The molecule has 0 spiro atoms. The summed E-state index contributed by atoms with van der Waals surface area (Å²) in [6.45, 7) is 1.80. The largest absolute Gasteiger partial charge is 0.466 e. The van der Waals surface area contributed by atoms with Gasteiger partial charge in [-0.05, 0) is 31.0 Å². The van der Waals surface area contributed by atoms with E-state index in [0.29, 0.717) is 0 Å². The van der Waals surface area contributed by atoms with Gasteiger partial charge in [0, 0.05) is 11.4 Å². The molecule has 0 fully saturated rings. The molecule has 0 amide bonds. The Balaban J connectivity index is 3.02. The zero-order valence-corrected chi connectivity index (χ0v) is 11.5. The molecule has 0 bridgehead atoms. The van der Waals surface area contributed by atoms with Crippen molar-refractivity contribution in [2.45, 2.75) is 25.9 Å². The summed E-state index contributed by atoms with van der Waals surface area (Å²) in [5.74, 6) is -0.563. The lowest BCUT2D eigenvalue weighted by atomic mass is 10.0. The van der Waals surface area contributed by atoms with Gasteiger partial charge in [-0.15, -0.1) is 0 Å². The zero-order chi connectivity index (χ0) is 14.6. The SMILES string of the molecule is CCOC(=O)CCc1cc(Cl)cc(Cl)c1C(F)(F)F. The van der Waals surface area contributed by atoms with Crippen LogP contribution in [-0.4, -0.2) is 12.6 Å². The first-order chi connectivity index (χ1) is 8.75. The highest BCUT2D eigenvalue weighted by molar-refractivity contribution is 6.35. The van der Waals surface area contributed by atoms with Crippen LogP contribution in [0, 0.1) is 0 Å². The number of halogens is 5. The topological polar surface area (TPSA) is 26.3 Å². The van der Waals surface area contributed by atoms with Crippen LogP contribution in [0.15, 0.2) is 12.1 Å². The van der Waals surface area contributed by atoms with Gasteiger partial charge in [0.25, 0.3) is 0 Å². The molecule has 0 heterocycles. The summed E-state index contributed by atoms with van der Waals surface area (Å²) in [5, 5.41) is -0.379. The van der Waals surface area contributed by atoms with E-state index in [1.807, 2.05) is 0 Å². The van der Waals surface area contributed by atoms with E-state index in [1.165, 1.54) is 0 Å². The smallest absolute Gasteiger partial charge is 0.418 e. The third-order valence-electron chi connectivity index (χ3n) is 2.32. The number of benzene rings is 1. The molecule has 106 valence electrons. The summed E-state index contributed by atoms with van der Waals surface area (Å²) >= 11 is 11.3. The lowest BCUT2D eigenvalue weighted by molar-refractivity contribution is -0.144. The number of ether oxygens (including phenoxy) is 1. The van der Waals surface area contributed by atoms with E-state index >= 15 is 0 Å². The maximum absolute atomic E-state index is 12.9. The number of hydrogen-bond donors (Lipinski definition) is 0. The molecule has 19 heavy (non-hydrogen) atoms. The third-order valence-corrected chi connectivity index (χ3v) is 2.84. The van der Waals surface area contributed by atoms with Crippen molar-refractivity contribution < 1.29 is 22.7 Å². The molecule has 1 aromatic carbocycles. The molecule has 0 N–H and O–H groups in total. The number of carbonyl (C=O) groups is 1. The minimum absolute atomic E-state index is 0.0943. The average molecular weight is 315 g/mol. The maximum atomic E-state index is 12.9. The summed E-state index contributed by atoms with van der Waals surface area (Å²) in [6.07, 6.45) is -4.88. The van der Waals surface area contributed by atoms with Gasteiger partial charge in [-0.1, -0.05) is 23.2 Å². The molecule has 7 heteroatoms. The van der Waals surface area contributed by atoms with E-state index < -0.39 is 22.7 Å². The van der Waals surface area contributed by atoms with Gasteiger partial charge in [0.2, 0.25) is 0 Å². The number of rotatable bonds is 4. The predicted octanol–water partition coefficient (Wildman–Crippen LogP) is 4.51. The van der Waals surface area contributed by atoms with Crippen LogP contribution < -0.4 is 0 Å². The van der Waals surface area contributed by atoms with Gasteiger partial charge in [-0.2, -0.15) is 13.2 Å². The first-order valence-corrected chi connectivity index (χ1v) is 6.22. The molecular weight excluding hydrogens is 304 g/mol. The summed E-state index contributed by atoms with van der Waals surface area (Å²) in [4.78, 5) is 11.2. The molecule has 2 nitrogen and oxygen atoms in total.